The molecule has 2 rings (SSSR count). The highest BCUT2D eigenvalue weighted by Gasteiger charge is 2.30. The minimum absolute atomic E-state index is 0.0747. The van der Waals surface area contributed by atoms with E-state index in [1.165, 1.54) is 11.3 Å². The standard InChI is InChI=1S/C14H20N2O3S/c1-14(2,3)13-15-10(8-20-13)11(17)16-6-4-5-9(7-16)12(18)19/h8-9H,4-7H2,1-3H3,(H,18,19)/t9-/m0/s1. The Kier molecular flexibility index (Phi) is 4.13. The highest BCUT2D eigenvalue weighted by atomic mass is 32.1. The summed E-state index contributed by atoms with van der Waals surface area (Å²) in [6.45, 7) is 7.08. The number of nitrogens with zero attached hydrogens (tertiary/aromatic N) is 2. The Morgan fingerprint density at radius 1 is 1.45 bits per heavy atom. The van der Waals surface area contributed by atoms with Gasteiger partial charge in [-0.2, -0.15) is 0 Å². The summed E-state index contributed by atoms with van der Waals surface area (Å²) in [5.41, 5.74) is 0.361. The molecule has 0 unspecified atom stereocenters. The quantitative estimate of drug-likeness (QED) is 0.909. The molecule has 0 spiro atoms. The van der Waals surface area contributed by atoms with Crippen LogP contribution in [0.3, 0.4) is 0 Å². The summed E-state index contributed by atoms with van der Waals surface area (Å²) in [7, 11) is 0. The third-order valence-corrected chi connectivity index (χ3v) is 4.69. The fraction of sp³-hybridized carbons (Fsp3) is 0.643. The molecule has 110 valence electrons. The van der Waals surface area contributed by atoms with Gasteiger partial charge in [0.05, 0.1) is 10.9 Å². The summed E-state index contributed by atoms with van der Waals surface area (Å²) in [6, 6.07) is 0. The first-order valence-electron chi connectivity index (χ1n) is 6.77. The van der Waals surface area contributed by atoms with Crippen molar-refractivity contribution in [1.82, 2.24) is 9.88 Å². The third kappa shape index (κ3) is 3.17. The molecule has 1 amide bonds. The summed E-state index contributed by atoms with van der Waals surface area (Å²) in [5.74, 6) is -1.42. The number of carboxylic acids is 1. The van der Waals surface area contributed by atoms with Crippen LogP contribution in [0.15, 0.2) is 5.38 Å². The van der Waals surface area contributed by atoms with Gasteiger partial charge in [0.1, 0.15) is 5.69 Å². The van der Waals surface area contributed by atoms with E-state index >= 15 is 0 Å². The maximum Gasteiger partial charge on any atom is 0.308 e. The van der Waals surface area contributed by atoms with Crippen LogP contribution in [0.2, 0.25) is 0 Å². The van der Waals surface area contributed by atoms with Crippen molar-refractivity contribution in [1.29, 1.82) is 0 Å². The molecule has 1 fully saturated rings. The van der Waals surface area contributed by atoms with Gasteiger partial charge in [-0.1, -0.05) is 20.8 Å². The van der Waals surface area contributed by atoms with Gasteiger partial charge in [-0.3, -0.25) is 9.59 Å². The van der Waals surface area contributed by atoms with Gasteiger partial charge in [0.25, 0.3) is 5.91 Å². The molecule has 1 saturated heterocycles. The zero-order valence-corrected chi connectivity index (χ0v) is 12.9. The van der Waals surface area contributed by atoms with E-state index in [0.29, 0.717) is 18.7 Å². The summed E-state index contributed by atoms with van der Waals surface area (Å²) < 4.78 is 0. The fourth-order valence-electron chi connectivity index (χ4n) is 2.24. The van der Waals surface area contributed by atoms with Crippen molar-refractivity contribution in [3.63, 3.8) is 0 Å². The molecule has 1 aromatic rings. The van der Waals surface area contributed by atoms with E-state index in [1.54, 1.807) is 10.3 Å². The number of thiazole rings is 1. The monoisotopic (exact) mass is 296 g/mol. The Morgan fingerprint density at radius 2 is 2.15 bits per heavy atom. The molecule has 6 heteroatoms. The second-order valence-electron chi connectivity index (χ2n) is 6.22. The van der Waals surface area contributed by atoms with E-state index < -0.39 is 11.9 Å². The van der Waals surface area contributed by atoms with Crippen molar-refractivity contribution in [2.24, 2.45) is 5.92 Å². The molecule has 1 aliphatic heterocycles. The molecule has 0 bridgehead atoms. The summed E-state index contributed by atoms with van der Waals surface area (Å²) >= 11 is 1.48. The van der Waals surface area contributed by atoms with Crippen LogP contribution < -0.4 is 0 Å². The van der Waals surface area contributed by atoms with E-state index in [2.05, 4.69) is 25.8 Å². The highest BCUT2D eigenvalue weighted by molar-refractivity contribution is 7.10. The number of amides is 1. The molecule has 2 heterocycles. The zero-order valence-electron chi connectivity index (χ0n) is 12.0. The number of piperidine rings is 1. The lowest BCUT2D eigenvalue weighted by Crippen LogP contribution is -2.42. The highest BCUT2D eigenvalue weighted by Crippen LogP contribution is 2.26. The average Bonchev–Trinajstić information content (AvgIpc) is 2.87. The van der Waals surface area contributed by atoms with E-state index in [9.17, 15) is 9.59 Å². The van der Waals surface area contributed by atoms with Gasteiger partial charge in [0.15, 0.2) is 0 Å². The third-order valence-electron chi connectivity index (χ3n) is 3.42. The van der Waals surface area contributed by atoms with Gasteiger partial charge in [0.2, 0.25) is 0 Å². The largest absolute Gasteiger partial charge is 0.481 e. The molecule has 1 N–H and O–H groups in total. The Bertz CT molecular complexity index is 519. The van der Waals surface area contributed by atoms with Crippen molar-refractivity contribution in [3.05, 3.63) is 16.1 Å². The summed E-state index contributed by atoms with van der Waals surface area (Å²) in [4.78, 5) is 29.4. The fourth-order valence-corrected chi connectivity index (χ4v) is 3.12. The number of carboxylic acid groups (broad SMARTS) is 1. The van der Waals surface area contributed by atoms with Gasteiger partial charge in [-0.15, -0.1) is 11.3 Å². The van der Waals surface area contributed by atoms with Gasteiger partial charge >= 0.3 is 5.97 Å². The normalized spacial score (nSPS) is 19.9. The van der Waals surface area contributed by atoms with Crippen LogP contribution in [0.5, 0.6) is 0 Å². The predicted octanol–water partition coefficient (Wildman–Crippen LogP) is 2.38. The average molecular weight is 296 g/mol. The number of aliphatic carboxylic acids is 1. The van der Waals surface area contributed by atoms with E-state index in [4.69, 9.17) is 5.11 Å². The molecular formula is C14H20N2O3S. The number of likely N-dealkylation sites (tertiary alicyclic amines) is 1. The molecule has 1 aromatic heterocycles. The minimum atomic E-state index is -0.823. The maximum atomic E-state index is 12.4. The SMILES string of the molecule is CC(C)(C)c1nc(C(=O)N2CCC[C@H](C(=O)O)C2)cs1. The van der Waals surface area contributed by atoms with Crippen LogP contribution in [0.4, 0.5) is 0 Å². The van der Waals surface area contributed by atoms with E-state index in [-0.39, 0.29) is 17.9 Å². The summed E-state index contributed by atoms with van der Waals surface area (Å²) in [5, 5.41) is 11.8. The van der Waals surface area contributed by atoms with Crippen LogP contribution >= 0.6 is 11.3 Å². The topological polar surface area (TPSA) is 70.5 Å². The lowest BCUT2D eigenvalue weighted by Gasteiger charge is -2.30. The Balaban J connectivity index is 2.11. The van der Waals surface area contributed by atoms with E-state index in [0.717, 1.165) is 11.4 Å². The van der Waals surface area contributed by atoms with Gasteiger partial charge in [-0.05, 0) is 12.8 Å². The summed E-state index contributed by atoms with van der Waals surface area (Å²) in [6.07, 6.45) is 1.38. The van der Waals surface area contributed by atoms with Gasteiger partial charge < -0.3 is 10.0 Å². The smallest absolute Gasteiger partial charge is 0.308 e. The number of carbonyl (C=O) groups excluding carboxylic acids is 1. The van der Waals surface area contributed by atoms with Crippen LogP contribution in [0, 0.1) is 5.92 Å². The predicted molar refractivity (Wildman–Crippen MR) is 77.1 cm³/mol. The van der Waals surface area contributed by atoms with E-state index in [1.807, 2.05) is 0 Å². The van der Waals surface area contributed by atoms with Gasteiger partial charge in [-0.25, -0.2) is 4.98 Å². The molecule has 1 aliphatic rings. The molecule has 5 nitrogen and oxygen atoms in total. The van der Waals surface area contributed by atoms with Crippen LogP contribution in [0.25, 0.3) is 0 Å². The van der Waals surface area contributed by atoms with Crippen molar-refractivity contribution in [3.8, 4) is 0 Å². The first kappa shape index (κ1) is 15.0. The number of hydrogen-bond acceptors (Lipinski definition) is 4. The van der Waals surface area contributed by atoms with Crippen molar-refractivity contribution in [2.45, 2.75) is 39.0 Å². The minimum Gasteiger partial charge on any atom is -0.481 e. The lowest BCUT2D eigenvalue weighted by atomic mass is 9.98. The Labute approximate surface area is 122 Å². The van der Waals surface area contributed by atoms with Crippen LogP contribution in [-0.2, 0) is 10.2 Å². The number of rotatable bonds is 2. The Hall–Kier alpha value is -1.43. The number of hydrogen-bond donors (Lipinski definition) is 1. The number of carbonyl (C=O) groups is 2. The first-order valence-corrected chi connectivity index (χ1v) is 7.65. The molecule has 1 atom stereocenters. The molecule has 0 saturated carbocycles. The van der Waals surface area contributed by atoms with Crippen molar-refractivity contribution < 1.29 is 14.7 Å². The zero-order chi connectivity index (χ0) is 14.9. The second kappa shape index (κ2) is 5.52. The maximum absolute atomic E-state index is 12.4. The lowest BCUT2D eigenvalue weighted by molar-refractivity contribution is -0.143. The molecule has 20 heavy (non-hydrogen) atoms. The molecular weight excluding hydrogens is 276 g/mol. The first-order chi connectivity index (χ1) is 9.29. The van der Waals surface area contributed by atoms with Crippen LogP contribution in [0.1, 0.15) is 49.1 Å². The molecule has 0 aromatic carbocycles. The van der Waals surface area contributed by atoms with Gasteiger partial charge in [0, 0.05) is 23.9 Å². The van der Waals surface area contributed by atoms with Crippen LogP contribution in [-0.4, -0.2) is 40.0 Å². The molecule has 0 radical (unpaired) electrons. The molecule has 0 aliphatic carbocycles. The van der Waals surface area contributed by atoms with Crippen molar-refractivity contribution >= 4 is 23.2 Å². The van der Waals surface area contributed by atoms with Crippen molar-refractivity contribution in [2.75, 3.05) is 13.1 Å². The number of aromatic nitrogens is 1. The second-order valence-corrected chi connectivity index (χ2v) is 7.07. The Morgan fingerprint density at radius 3 is 2.70 bits per heavy atom.